The first-order valence-corrected chi connectivity index (χ1v) is 9.07. The van der Waals surface area contributed by atoms with Crippen molar-refractivity contribution in [1.82, 2.24) is 10.4 Å². The highest BCUT2D eigenvalue weighted by Crippen LogP contribution is 2.16. The quantitative estimate of drug-likeness (QED) is 0.357. The van der Waals surface area contributed by atoms with Crippen LogP contribution in [0.5, 0.6) is 0 Å². The molecule has 0 aliphatic rings. The number of para-hydroxylation sites is 1. The molecule has 142 valence electrons. The molecule has 0 saturated heterocycles. The molecule has 1 heterocycles. The highest BCUT2D eigenvalue weighted by atomic mass is 16.2. The number of fused-ring (bicyclic) bond motifs is 1. The molecule has 3 N–H and O–H groups in total. The summed E-state index contributed by atoms with van der Waals surface area (Å²) in [4.78, 5) is 27.8. The fourth-order valence-electron chi connectivity index (χ4n) is 2.96. The van der Waals surface area contributed by atoms with Gasteiger partial charge in [-0.2, -0.15) is 5.10 Å². The Balaban J connectivity index is 1.42. The standard InChI is InChI=1S/C23H18N4O2/c28-22(16-7-2-1-3-8-16)26-19-10-6-9-17(13-19)23(29)27-25-15-18-14-24-21-12-5-4-11-20(18)21/h1-15,24H,(H,26,28)(H,27,29)/b25-15-. The van der Waals surface area contributed by atoms with Crippen molar-refractivity contribution in [2.45, 2.75) is 0 Å². The van der Waals surface area contributed by atoms with Gasteiger partial charge in [-0.05, 0) is 36.4 Å². The van der Waals surface area contributed by atoms with Crippen molar-refractivity contribution < 1.29 is 9.59 Å². The second-order valence-electron chi connectivity index (χ2n) is 6.39. The lowest BCUT2D eigenvalue weighted by atomic mass is 10.1. The number of aromatic amines is 1. The summed E-state index contributed by atoms with van der Waals surface area (Å²) in [5.74, 6) is -0.600. The van der Waals surface area contributed by atoms with Crippen LogP contribution in [0.25, 0.3) is 10.9 Å². The van der Waals surface area contributed by atoms with Crippen LogP contribution in [0, 0.1) is 0 Å². The van der Waals surface area contributed by atoms with Gasteiger partial charge >= 0.3 is 0 Å². The van der Waals surface area contributed by atoms with Crippen LogP contribution < -0.4 is 10.7 Å². The van der Waals surface area contributed by atoms with Crippen molar-refractivity contribution in [2.75, 3.05) is 5.32 Å². The van der Waals surface area contributed by atoms with Gasteiger partial charge in [0.25, 0.3) is 11.8 Å². The monoisotopic (exact) mass is 382 g/mol. The number of hydrogen-bond acceptors (Lipinski definition) is 3. The van der Waals surface area contributed by atoms with Gasteiger partial charge in [0.15, 0.2) is 0 Å². The van der Waals surface area contributed by atoms with Crippen LogP contribution in [0.2, 0.25) is 0 Å². The number of carbonyl (C=O) groups excluding carboxylic acids is 2. The summed E-state index contributed by atoms with van der Waals surface area (Å²) in [5.41, 5.74) is 5.88. The molecule has 1 aromatic heterocycles. The summed E-state index contributed by atoms with van der Waals surface area (Å²) < 4.78 is 0. The van der Waals surface area contributed by atoms with Crippen molar-refractivity contribution in [3.63, 3.8) is 0 Å². The first-order valence-electron chi connectivity index (χ1n) is 9.07. The summed E-state index contributed by atoms with van der Waals surface area (Å²) in [5, 5.41) is 7.86. The number of H-pyrrole nitrogens is 1. The Kier molecular flexibility index (Phi) is 5.16. The molecule has 29 heavy (non-hydrogen) atoms. The zero-order valence-corrected chi connectivity index (χ0v) is 15.4. The zero-order chi connectivity index (χ0) is 20.1. The van der Waals surface area contributed by atoms with Crippen LogP contribution in [-0.2, 0) is 0 Å². The van der Waals surface area contributed by atoms with Gasteiger partial charge in [0.2, 0.25) is 0 Å². The van der Waals surface area contributed by atoms with Crippen LogP contribution in [0.4, 0.5) is 5.69 Å². The van der Waals surface area contributed by atoms with E-state index in [1.54, 1.807) is 54.7 Å². The number of nitrogens with one attached hydrogen (secondary N) is 3. The fourth-order valence-corrected chi connectivity index (χ4v) is 2.96. The Morgan fingerprint density at radius 3 is 2.45 bits per heavy atom. The average molecular weight is 382 g/mol. The Hall–Kier alpha value is -4.19. The second-order valence-corrected chi connectivity index (χ2v) is 6.39. The van der Waals surface area contributed by atoms with Crippen LogP contribution in [0.15, 0.2) is 90.2 Å². The summed E-state index contributed by atoms with van der Waals surface area (Å²) in [6, 6.07) is 23.4. The van der Waals surface area contributed by atoms with Gasteiger partial charge < -0.3 is 10.3 Å². The molecule has 2 amide bonds. The predicted octanol–water partition coefficient (Wildman–Crippen LogP) is 4.18. The van der Waals surface area contributed by atoms with Gasteiger partial charge in [0, 0.05) is 39.5 Å². The SMILES string of the molecule is O=C(N/N=C\c1c[nH]c2ccccc12)c1cccc(NC(=O)c2ccccc2)c1. The molecule has 0 spiro atoms. The molecule has 0 aliphatic carbocycles. The van der Waals surface area contributed by atoms with Gasteiger partial charge in [0.05, 0.1) is 6.21 Å². The van der Waals surface area contributed by atoms with E-state index in [9.17, 15) is 9.59 Å². The van der Waals surface area contributed by atoms with Crippen molar-refractivity contribution >= 4 is 34.6 Å². The molecule has 0 fully saturated rings. The molecule has 6 heteroatoms. The van der Waals surface area contributed by atoms with Gasteiger partial charge in [-0.1, -0.05) is 42.5 Å². The molecule has 4 rings (SSSR count). The summed E-state index contributed by atoms with van der Waals surface area (Å²) >= 11 is 0. The molecule has 0 bridgehead atoms. The van der Waals surface area contributed by atoms with Gasteiger partial charge in [-0.15, -0.1) is 0 Å². The number of rotatable bonds is 5. The highest BCUT2D eigenvalue weighted by molar-refractivity contribution is 6.05. The van der Waals surface area contributed by atoms with E-state index < -0.39 is 0 Å². The van der Waals surface area contributed by atoms with Gasteiger partial charge in [-0.25, -0.2) is 5.43 Å². The molecule has 0 saturated carbocycles. The number of anilines is 1. The lowest BCUT2D eigenvalue weighted by Gasteiger charge is -2.07. The summed E-state index contributed by atoms with van der Waals surface area (Å²) in [6.45, 7) is 0. The minimum absolute atomic E-state index is 0.236. The number of benzene rings is 3. The van der Waals surface area contributed by atoms with E-state index in [2.05, 4.69) is 20.8 Å². The average Bonchev–Trinajstić information content (AvgIpc) is 3.18. The maximum Gasteiger partial charge on any atom is 0.271 e. The topological polar surface area (TPSA) is 86.3 Å². The molecule has 4 aromatic rings. The summed E-state index contributed by atoms with van der Waals surface area (Å²) in [6.07, 6.45) is 3.43. The van der Waals surface area contributed by atoms with Crippen molar-refractivity contribution in [3.8, 4) is 0 Å². The number of amides is 2. The van der Waals surface area contributed by atoms with E-state index in [1.807, 2.05) is 36.5 Å². The minimum atomic E-state index is -0.364. The molecule has 3 aromatic carbocycles. The molecule has 0 aliphatic heterocycles. The van der Waals surface area contributed by atoms with Crippen molar-refractivity contribution in [2.24, 2.45) is 5.10 Å². The molecule has 0 radical (unpaired) electrons. The minimum Gasteiger partial charge on any atom is -0.361 e. The van der Waals surface area contributed by atoms with Crippen LogP contribution in [0.3, 0.4) is 0 Å². The van der Waals surface area contributed by atoms with E-state index in [0.29, 0.717) is 16.8 Å². The Bertz CT molecular complexity index is 1200. The number of carbonyl (C=O) groups is 2. The molecular weight excluding hydrogens is 364 g/mol. The highest BCUT2D eigenvalue weighted by Gasteiger charge is 2.09. The third-order valence-electron chi connectivity index (χ3n) is 4.41. The third kappa shape index (κ3) is 4.22. The third-order valence-corrected chi connectivity index (χ3v) is 4.41. The van der Waals surface area contributed by atoms with Crippen LogP contribution in [0.1, 0.15) is 26.3 Å². The maximum absolute atomic E-state index is 12.4. The second kappa shape index (κ2) is 8.22. The number of aromatic nitrogens is 1. The van der Waals surface area contributed by atoms with Crippen molar-refractivity contribution in [3.05, 3.63) is 102 Å². The molecule has 0 unspecified atom stereocenters. The van der Waals surface area contributed by atoms with E-state index >= 15 is 0 Å². The number of hydrazone groups is 1. The van der Waals surface area contributed by atoms with Gasteiger partial charge in [0.1, 0.15) is 0 Å². The Morgan fingerprint density at radius 1 is 0.828 bits per heavy atom. The van der Waals surface area contributed by atoms with Crippen LogP contribution in [-0.4, -0.2) is 23.0 Å². The molecular formula is C23H18N4O2. The normalized spacial score (nSPS) is 10.9. The molecule has 0 atom stereocenters. The lowest BCUT2D eigenvalue weighted by molar-refractivity contribution is 0.0953. The maximum atomic E-state index is 12.4. The fraction of sp³-hybridized carbons (Fsp3) is 0. The van der Waals surface area contributed by atoms with E-state index in [0.717, 1.165) is 16.5 Å². The number of nitrogens with zero attached hydrogens (tertiary/aromatic N) is 1. The largest absolute Gasteiger partial charge is 0.361 e. The summed E-state index contributed by atoms with van der Waals surface area (Å²) in [7, 11) is 0. The first-order chi connectivity index (χ1) is 14.2. The van der Waals surface area contributed by atoms with E-state index in [-0.39, 0.29) is 11.8 Å². The number of hydrogen-bond donors (Lipinski definition) is 3. The van der Waals surface area contributed by atoms with Gasteiger partial charge in [-0.3, -0.25) is 9.59 Å². The Labute approximate surface area is 167 Å². The predicted molar refractivity (Wildman–Crippen MR) is 114 cm³/mol. The van der Waals surface area contributed by atoms with E-state index in [1.165, 1.54) is 0 Å². The smallest absolute Gasteiger partial charge is 0.271 e. The zero-order valence-electron chi connectivity index (χ0n) is 15.4. The Morgan fingerprint density at radius 2 is 1.59 bits per heavy atom. The molecule has 6 nitrogen and oxygen atoms in total. The van der Waals surface area contributed by atoms with Crippen molar-refractivity contribution in [1.29, 1.82) is 0 Å². The lowest BCUT2D eigenvalue weighted by Crippen LogP contribution is -2.18. The van der Waals surface area contributed by atoms with E-state index in [4.69, 9.17) is 0 Å². The first kappa shape index (κ1) is 18.2. The van der Waals surface area contributed by atoms with Crippen LogP contribution >= 0.6 is 0 Å².